The minimum atomic E-state index is -0.536. The van der Waals surface area contributed by atoms with Gasteiger partial charge in [0.2, 0.25) is 11.8 Å². The summed E-state index contributed by atoms with van der Waals surface area (Å²) in [5, 5.41) is 9.38. The molecule has 220 valence electrons. The lowest BCUT2D eigenvalue weighted by Crippen LogP contribution is -2.43. The van der Waals surface area contributed by atoms with E-state index in [0.717, 1.165) is 42.9 Å². The van der Waals surface area contributed by atoms with Gasteiger partial charge in [-0.25, -0.2) is 0 Å². The van der Waals surface area contributed by atoms with E-state index in [1.165, 1.54) is 11.6 Å². The molecular weight excluding hydrogens is 526 g/mol. The van der Waals surface area contributed by atoms with Gasteiger partial charge >= 0.3 is 0 Å². The predicted molar refractivity (Wildman–Crippen MR) is 169 cm³/mol. The van der Waals surface area contributed by atoms with Crippen molar-refractivity contribution in [1.82, 2.24) is 10.2 Å². The van der Waals surface area contributed by atoms with Gasteiger partial charge in [0.1, 0.15) is 6.04 Å². The SMILES string of the molecule is CC(C)(C)c1ccc(NC(=O)[C@@H](NCCN2CC3CC2CO3)c2ccc(C=CC(=O)Nc3ccccc3N)cc2)cc1. The normalized spacial score (nSPS) is 19.2. The summed E-state index contributed by atoms with van der Waals surface area (Å²) >= 11 is 0. The largest absolute Gasteiger partial charge is 0.397 e. The molecule has 2 amide bonds. The number of carbonyl (C=O) groups excluding carboxylic acids is 2. The van der Waals surface area contributed by atoms with Gasteiger partial charge in [0.15, 0.2) is 0 Å². The lowest BCUT2D eigenvalue weighted by atomic mass is 9.87. The van der Waals surface area contributed by atoms with Crippen molar-refractivity contribution in [1.29, 1.82) is 0 Å². The number of rotatable bonds is 10. The van der Waals surface area contributed by atoms with Crippen LogP contribution in [0.3, 0.4) is 0 Å². The van der Waals surface area contributed by atoms with E-state index in [-0.39, 0.29) is 17.2 Å². The highest BCUT2D eigenvalue weighted by molar-refractivity contribution is 6.03. The lowest BCUT2D eigenvalue weighted by Gasteiger charge is -2.27. The lowest BCUT2D eigenvalue weighted by molar-refractivity contribution is -0.118. The van der Waals surface area contributed by atoms with E-state index >= 15 is 0 Å². The number of morpholine rings is 1. The first kappa shape index (κ1) is 29.5. The highest BCUT2D eigenvalue weighted by Crippen LogP contribution is 2.28. The zero-order valence-electron chi connectivity index (χ0n) is 24.6. The molecule has 2 saturated heterocycles. The van der Waals surface area contributed by atoms with Crippen LogP contribution in [-0.2, 0) is 19.7 Å². The third-order valence-electron chi connectivity index (χ3n) is 7.96. The molecule has 2 aliphatic rings. The molecule has 3 atom stereocenters. The van der Waals surface area contributed by atoms with E-state index in [2.05, 4.69) is 53.8 Å². The Labute approximate surface area is 248 Å². The monoisotopic (exact) mass is 567 g/mol. The molecule has 0 saturated carbocycles. The van der Waals surface area contributed by atoms with E-state index in [1.54, 1.807) is 18.2 Å². The van der Waals surface area contributed by atoms with Crippen LogP contribution < -0.4 is 21.7 Å². The van der Waals surface area contributed by atoms with Crippen LogP contribution in [-0.4, -0.2) is 55.1 Å². The molecular formula is C34H41N5O3. The standard InChI is InChI=1S/C34H41N5O3/c1-34(2,3)25-13-15-26(16-14-25)37-33(41)32(36-18-19-39-21-28-20-27(39)22-42-28)24-11-8-23(9-12-24)10-17-31(40)38-30-7-5-4-6-29(30)35/h4-17,27-28,32,36H,18-22,35H2,1-3H3,(H,37,41)(H,38,40)/t27?,28?,32-/m0/s1. The molecule has 2 aliphatic heterocycles. The Hall–Kier alpha value is -3.98. The number of para-hydroxylation sites is 2. The number of anilines is 3. The quantitative estimate of drug-likeness (QED) is 0.204. The van der Waals surface area contributed by atoms with Gasteiger partial charge in [-0.05, 0) is 58.9 Å². The number of fused-ring (bicyclic) bond motifs is 2. The summed E-state index contributed by atoms with van der Waals surface area (Å²) in [6.45, 7) is 9.79. The Kier molecular flexibility index (Phi) is 9.06. The zero-order chi connectivity index (χ0) is 29.7. The second-order valence-corrected chi connectivity index (χ2v) is 12.1. The molecule has 2 bridgehead atoms. The minimum absolute atomic E-state index is 0.0401. The van der Waals surface area contributed by atoms with Crippen molar-refractivity contribution in [2.24, 2.45) is 0 Å². The van der Waals surface area contributed by atoms with Crippen LogP contribution in [0.2, 0.25) is 0 Å². The van der Waals surface area contributed by atoms with E-state index in [0.29, 0.717) is 30.1 Å². The number of carbonyl (C=O) groups is 2. The van der Waals surface area contributed by atoms with Gasteiger partial charge in [0, 0.05) is 37.4 Å². The summed E-state index contributed by atoms with van der Waals surface area (Å²) in [7, 11) is 0. The molecule has 8 nitrogen and oxygen atoms in total. The summed E-state index contributed by atoms with van der Waals surface area (Å²) in [4.78, 5) is 28.4. The van der Waals surface area contributed by atoms with Crippen molar-refractivity contribution >= 4 is 35.0 Å². The zero-order valence-corrected chi connectivity index (χ0v) is 24.6. The maximum absolute atomic E-state index is 13.6. The summed E-state index contributed by atoms with van der Waals surface area (Å²) < 4.78 is 5.73. The Morgan fingerprint density at radius 3 is 2.40 bits per heavy atom. The molecule has 5 N–H and O–H groups in total. The summed E-state index contributed by atoms with van der Waals surface area (Å²) in [6.07, 6.45) is 4.65. The smallest absolute Gasteiger partial charge is 0.248 e. The Morgan fingerprint density at radius 1 is 1.02 bits per heavy atom. The molecule has 0 aromatic heterocycles. The Bertz CT molecular complexity index is 1410. The number of amides is 2. The molecule has 3 aromatic carbocycles. The van der Waals surface area contributed by atoms with E-state index < -0.39 is 6.04 Å². The first-order valence-electron chi connectivity index (χ1n) is 14.6. The van der Waals surface area contributed by atoms with E-state index in [1.807, 2.05) is 48.5 Å². The van der Waals surface area contributed by atoms with Crippen molar-refractivity contribution in [3.8, 4) is 0 Å². The van der Waals surface area contributed by atoms with Gasteiger partial charge in [-0.15, -0.1) is 0 Å². The van der Waals surface area contributed by atoms with Gasteiger partial charge in [0.25, 0.3) is 0 Å². The number of likely N-dealkylation sites (tertiary alicyclic amines) is 1. The highest BCUT2D eigenvalue weighted by Gasteiger charge is 2.38. The molecule has 0 aliphatic carbocycles. The van der Waals surface area contributed by atoms with Crippen LogP contribution in [0.4, 0.5) is 17.1 Å². The van der Waals surface area contributed by atoms with Crippen LogP contribution in [0, 0.1) is 0 Å². The van der Waals surface area contributed by atoms with Crippen molar-refractivity contribution in [3.63, 3.8) is 0 Å². The molecule has 5 rings (SSSR count). The number of nitrogens with zero attached hydrogens (tertiary/aromatic N) is 1. The van der Waals surface area contributed by atoms with E-state index in [4.69, 9.17) is 10.5 Å². The number of nitrogens with one attached hydrogen (secondary N) is 3. The Balaban J connectivity index is 1.25. The minimum Gasteiger partial charge on any atom is -0.397 e. The molecule has 3 aromatic rings. The average molecular weight is 568 g/mol. The number of benzene rings is 3. The first-order valence-corrected chi connectivity index (χ1v) is 14.6. The molecule has 2 heterocycles. The molecule has 0 radical (unpaired) electrons. The predicted octanol–water partition coefficient (Wildman–Crippen LogP) is 4.96. The van der Waals surface area contributed by atoms with Crippen molar-refractivity contribution in [2.75, 3.05) is 42.6 Å². The summed E-state index contributed by atoms with van der Waals surface area (Å²) in [6, 6.07) is 22.8. The van der Waals surface area contributed by atoms with Gasteiger partial charge in [-0.1, -0.05) is 69.3 Å². The van der Waals surface area contributed by atoms with Crippen LogP contribution in [0.5, 0.6) is 0 Å². The second kappa shape index (κ2) is 12.9. The molecule has 0 spiro atoms. The van der Waals surface area contributed by atoms with E-state index in [9.17, 15) is 9.59 Å². The number of hydrogen-bond acceptors (Lipinski definition) is 6. The second-order valence-electron chi connectivity index (χ2n) is 12.1. The topological polar surface area (TPSA) is 109 Å². The van der Waals surface area contributed by atoms with Crippen molar-refractivity contribution < 1.29 is 14.3 Å². The van der Waals surface area contributed by atoms with Gasteiger partial charge in [0.05, 0.1) is 24.1 Å². The number of nitrogens with two attached hydrogens (primary N) is 1. The molecule has 2 fully saturated rings. The van der Waals surface area contributed by atoms with Crippen LogP contribution in [0.15, 0.2) is 78.9 Å². The number of hydrogen-bond donors (Lipinski definition) is 4. The van der Waals surface area contributed by atoms with Crippen LogP contribution >= 0.6 is 0 Å². The maximum Gasteiger partial charge on any atom is 0.248 e. The highest BCUT2D eigenvalue weighted by atomic mass is 16.5. The van der Waals surface area contributed by atoms with Crippen molar-refractivity contribution in [2.45, 2.75) is 50.8 Å². The van der Waals surface area contributed by atoms with Gasteiger partial charge < -0.3 is 26.4 Å². The van der Waals surface area contributed by atoms with Gasteiger partial charge in [-0.3, -0.25) is 14.5 Å². The summed E-state index contributed by atoms with van der Waals surface area (Å²) in [5.41, 5.74) is 10.7. The number of nitrogen functional groups attached to an aromatic ring is 1. The third-order valence-corrected chi connectivity index (χ3v) is 7.96. The summed E-state index contributed by atoms with van der Waals surface area (Å²) in [5.74, 6) is -0.387. The molecule has 2 unspecified atom stereocenters. The fraction of sp³-hybridized carbons (Fsp3) is 0.353. The van der Waals surface area contributed by atoms with Crippen molar-refractivity contribution in [3.05, 3.63) is 95.6 Å². The number of ether oxygens (including phenoxy) is 1. The average Bonchev–Trinajstić information content (AvgIpc) is 3.59. The first-order chi connectivity index (χ1) is 20.2. The molecule has 8 heteroatoms. The fourth-order valence-electron chi connectivity index (χ4n) is 5.49. The van der Waals surface area contributed by atoms with Crippen LogP contribution in [0.1, 0.15) is 49.9 Å². The fourth-order valence-corrected chi connectivity index (χ4v) is 5.49. The maximum atomic E-state index is 13.6. The van der Waals surface area contributed by atoms with Gasteiger partial charge in [-0.2, -0.15) is 0 Å². The third kappa shape index (κ3) is 7.45. The van der Waals surface area contributed by atoms with Crippen LogP contribution in [0.25, 0.3) is 6.08 Å². The Morgan fingerprint density at radius 2 is 1.76 bits per heavy atom. The molecule has 42 heavy (non-hydrogen) atoms.